The minimum atomic E-state index is 0.332. The van der Waals surface area contributed by atoms with Crippen molar-refractivity contribution in [3.8, 4) is 0 Å². The van der Waals surface area contributed by atoms with Crippen molar-refractivity contribution in [1.82, 2.24) is 0 Å². The van der Waals surface area contributed by atoms with E-state index >= 15 is 0 Å². The highest BCUT2D eigenvalue weighted by Gasteiger charge is 2.36. The number of hydrogen-bond acceptors (Lipinski definition) is 2. The van der Waals surface area contributed by atoms with Gasteiger partial charge in [-0.2, -0.15) is 0 Å². The van der Waals surface area contributed by atoms with Crippen LogP contribution in [0.5, 0.6) is 0 Å². The maximum absolute atomic E-state index is 5.87. The monoisotopic (exact) mass is 254 g/mol. The van der Waals surface area contributed by atoms with E-state index in [1.807, 2.05) is 14.2 Å². The van der Waals surface area contributed by atoms with Crippen LogP contribution in [0.3, 0.4) is 0 Å². The second-order valence-electron chi connectivity index (χ2n) is 6.20. The molecule has 0 aromatic heterocycles. The van der Waals surface area contributed by atoms with E-state index in [0.29, 0.717) is 12.2 Å². The predicted octanol–water partition coefficient (Wildman–Crippen LogP) is 4.18. The quantitative estimate of drug-likeness (QED) is 0.733. The van der Waals surface area contributed by atoms with Crippen LogP contribution in [0, 0.1) is 11.8 Å². The third-order valence-electron chi connectivity index (χ3n) is 5.10. The van der Waals surface area contributed by atoms with E-state index in [-0.39, 0.29) is 0 Å². The van der Waals surface area contributed by atoms with Crippen LogP contribution in [0.4, 0.5) is 0 Å². The smallest absolute Gasteiger partial charge is 0.0863 e. The van der Waals surface area contributed by atoms with Crippen molar-refractivity contribution in [1.29, 1.82) is 0 Å². The average molecular weight is 254 g/mol. The van der Waals surface area contributed by atoms with Crippen molar-refractivity contribution in [3.05, 3.63) is 0 Å². The molecule has 0 aromatic carbocycles. The van der Waals surface area contributed by atoms with Gasteiger partial charge in [-0.15, -0.1) is 0 Å². The Hall–Kier alpha value is -0.0800. The Morgan fingerprint density at radius 2 is 0.944 bits per heavy atom. The third-order valence-corrected chi connectivity index (χ3v) is 5.10. The molecule has 0 bridgehead atoms. The lowest BCUT2D eigenvalue weighted by Gasteiger charge is -2.39. The first-order valence-electron chi connectivity index (χ1n) is 7.92. The maximum Gasteiger partial charge on any atom is 0.0863 e. The first kappa shape index (κ1) is 14.3. The van der Waals surface area contributed by atoms with Crippen molar-refractivity contribution >= 4 is 0 Å². The molecule has 2 aliphatic rings. The lowest BCUT2D eigenvalue weighted by Crippen LogP contribution is -2.43. The summed E-state index contributed by atoms with van der Waals surface area (Å²) in [6.07, 6.45) is 14.4. The first-order valence-corrected chi connectivity index (χ1v) is 7.92. The Morgan fingerprint density at radius 1 is 0.611 bits per heavy atom. The lowest BCUT2D eigenvalue weighted by atomic mass is 9.76. The molecule has 2 fully saturated rings. The number of ether oxygens (including phenoxy) is 2. The zero-order chi connectivity index (χ0) is 12.8. The highest BCUT2D eigenvalue weighted by molar-refractivity contribution is 4.86. The minimum absolute atomic E-state index is 0.332. The lowest BCUT2D eigenvalue weighted by molar-refractivity contribution is -0.101. The molecule has 0 aromatic rings. The summed E-state index contributed by atoms with van der Waals surface area (Å²) >= 11 is 0. The normalized spacial score (nSPS) is 27.0. The van der Waals surface area contributed by atoms with E-state index in [1.165, 1.54) is 64.2 Å². The summed E-state index contributed by atoms with van der Waals surface area (Å²) < 4.78 is 11.7. The van der Waals surface area contributed by atoms with Gasteiger partial charge in [-0.1, -0.05) is 38.5 Å². The van der Waals surface area contributed by atoms with Gasteiger partial charge in [0.15, 0.2) is 0 Å². The molecule has 2 atom stereocenters. The Kier molecular flexibility index (Phi) is 5.97. The maximum atomic E-state index is 5.87. The van der Waals surface area contributed by atoms with Gasteiger partial charge in [-0.25, -0.2) is 0 Å². The number of methoxy groups -OCH3 is 2. The fourth-order valence-electron chi connectivity index (χ4n) is 4.12. The molecule has 2 rings (SSSR count). The van der Waals surface area contributed by atoms with Gasteiger partial charge in [0.1, 0.15) is 0 Å². The van der Waals surface area contributed by atoms with Crippen molar-refractivity contribution in [2.75, 3.05) is 14.2 Å². The predicted molar refractivity (Wildman–Crippen MR) is 74.7 cm³/mol. The van der Waals surface area contributed by atoms with Crippen LogP contribution in [-0.2, 0) is 9.47 Å². The highest BCUT2D eigenvalue weighted by atomic mass is 16.5. The molecule has 0 amide bonds. The largest absolute Gasteiger partial charge is 0.378 e. The van der Waals surface area contributed by atoms with Gasteiger partial charge in [0.05, 0.1) is 12.2 Å². The van der Waals surface area contributed by atoms with Gasteiger partial charge >= 0.3 is 0 Å². The number of rotatable bonds is 5. The fourth-order valence-corrected chi connectivity index (χ4v) is 4.12. The van der Waals surface area contributed by atoms with Crippen LogP contribution < -0.4 is 0 Å². The third kappa shape index (κ3) is 3.48. The van der Waals surface area contributed by atoms with Crippen LogP contribution in [0.15, 0.2) is 0 Å². The van der Waals surface area contributed by atoms with Crippen molar-refractivity contribution in [2.45, 2.75) is 76.4 Å². The summed E-state index contributed by atoms with van der Waals surface area (Å²) in [4.78, 5) is 0. The molecule has 2 nitrogen and oxygen atoms in total. The standard InChI is InChI=1S/C16H30O2/c1-17-15(13-9-5-3-6-10-13)16(18-2)14-11-7-4-8-12-14/h13-16H,3-12H2,1-2H3. The molecule has 2 unspecified atom stereocenters. The van der Waals surface area contributed by atoms with Crippen LogP contribution in [0.25, 0.3) is 0 Å². The summed E-state index contributed by atoms with van der Waals surface area (Å²) in [5.41, 5.74) is 0. The molecule has 0 aliphatic heterocycles. The highest BCUT2D eigenvalue weighted by Crippen LogP contribution is 2.36. The summed E-state index contributed by atoms with van der Waals surface area (Å²) in [6, 6.07) is 0. The zero-order valence-corrected chi connectivity index (χ0v) is 12.2. The van der Waals surface area contributed by atoms with Crippen molar-refractivity contribution < 1.29 is 9.47 Å². The molecule has 2 heteroatoms. The van der Waals surface area contributed by atoms with E-state index < -0.39 is 0 Å². The molecule has 18 heavy (non-hydrogen) atoms. The Labute approximate surface area is 112 Å². The van der Waals surface area contributed by atoms with Gasteiger partial charge in [0, 0.05) is 14.2 Å². The van der Waals surface area contributed by atoms with E-state index in [2.05, 4.69) is 0 Å². The molecule has 2 aliphatic carbocycles. The Bertz CT molecular complexity index is 193. The molecular formula is C16H30O2. The van der Waals surface area contributed by atoms with Crippen molar-refractivity contribution in [2.24, 2.45) is 11.8 Å². The summed E-state index contributed by atoms with van der Waals surface area (Å²) in [6.45, 7) is 0. The van der Waals surface area contributed by atoms with E-state index in [9.17, 15) is 0 Å². The topological polar surface area (TPSA) is 18.5 Å². The molecule has 0 N–H and O–H groups in total. The SMILES string of the molecule is COC(C1CCCCC1)C(OC)C1CCCCC1. The first-order chi connectivity index (χ1) is 8.86. The Balaban J connectivity index is 1.97. The summed E-state index contributed by atoms with van der Waals surface area (Å²) in [5.74, 6) is 1.46. The van der Waals surface area contributed by atoms with Gasteiger partial charge in [-0.3, -0.25) is 0 Å². The molecule has 2 saturated carbocycles. The van der Waals surface area contributed by atoms with Crippen LogP contribution >= 0.6 is 0 Å². The Morgan fingerprint density at radius 3 is 1.22 bits per heavy atom. The molecule has 0 saturated heterocycles. The van der Waals surface area contributed by atoms with E-state index in [1.54, 1.807) is 0 Å². The molecule has 0 radical (unpaired) electrons. The van der Waals surface area contributed by atoms with E-state index in [0.717, 1.165) is 11.8 Å². The fraction of sp³-hybridized carbons (Fsp3) is 1.00. The molecule has 106 valence electrons. The van der Waals surface area contributed by atoms with Gasteiger partial charge in [-0.05, 0) is 37.5 Å². The second kappa shape index (κ2) is 7.49. The van der Waals surface area contributed by atoms with Gasteiger partial charge in [0.2, 0.25) is 0 Å². The molecule has 0 spiro atoms. The zero-order valence-electron chi connectivity index (χ0n) is 12.2. The minimum Gasteiger partial charge on any atom is -0.378 e. The van der Waals surface area contributed by atoms with Gasteiger partial charge in [0.25, 0.3) is 0 Å². The van der Waals surface area contributed by atoms with Crippen LogP contribution in [0.2, 0.25) is 0 Å². The molecular weight excluding hydrogens is 224 g/mol. The van der Waals surface area contributed by atoms with Crippen LogP contribution in [0.1, 0.15) is 64.2 Å². The second-order valence-corrected chi connectivity index (χ2v) is 6.20. The average Bonchev–Trinajstić information content (AvgIpc) is 2.46. The summed E-state index contributed by atoms with van der Waals surface area (Å²) in [7, 11) is 3.77. The number of hydrogen-bond donors (Lipinski definition) is 0. The van der Waals surface area contributed by atoms with Gasteiger partial charge < -0.3 is 9.47 Å². The van der Waals surface area contributed by atoms with Crippen LogP contribution in [-0.4, -0.2) is 26.4 Å². The molecule has 0 heterocycles. The summed E-state index contributed by atoms with van der Waals surface area (Å²) in [5, 5.41) is 0. The van der Waals surface area contributed by atoms with Crippen molar-refractivity contribution in [3.63, 3.8) is 0 Å². The van der Waals surface area contributed by atoms with E-state index in [4.69, 9.17) is 9.47 Å².